The summed E-state index contributed by atoms with van der Waals surface area (Å²) < 4.78 is 4.83. The van der Waals surface area contributed by atoms with Gasteiger partial charge in [-0.3, -0.25) is 0 Å². The van der Waals surface area contributed by atoms with Crippen molar-refractivity contribution >= 4 is 22.3 Å². The van der Waals surface area contributed by atoms with Crippen LogP contribution in [0.3, 0.4) is 0 Å². The number of carbonyl (C=O) groups excluding carboxylic acids is 1. The van der Waals surface area contributed by atoms with E-state index >= 15 is 0 Å². The molecule has 0 radical (unpaired) electrons. The Morgan fingerprint density at radius 2 is 2.42 bits per heavy atom. The fraction of sp³-hybridized carbons (Fsp3) is 0.375. The van der Waals surface area contributed by atoms with Gasteiger partial charge in [0.15, 0.2) is 0 Å². The van der Waals surface area contributed by atoms with Crippen molar-refractivity contribution in [2.24, 2.45) is 0 Å². The second-order valence-electron chi connectivity index (χ2n) is 2.13. The van der Waals surface area contributed by atoms with E-state index in [1.165, 1.54) is 11.3 Å². The van der Waals surface area contributed by atoms with Gasteiger partial charge in [-0.2, -0.15) is 0 Å². The molecule has 1 heterocycles. The first-order valence-electron chi connectivity index (χ1n) is 3.72. The molecule has 0 aliphatic carbocycles. The van der Waals surface area contributed by atoms with Crippen LogP contribution in [0.15, 0.2) is 12.1 Å². The highest BCUT2D eigenvalue weighted by Gasteiger charge is 2.08. The van der Waals surface area contributed by atoms with E-state index in [-0.39, 0.29) is 5.97 Å². The lowest BCUT2D eigenvalue weighted by atomic mass is 10.5. The minimum atomic E-state index is -0.246. The number of hydrogen-bond donors (Lipinski definition) is 1. The summed E-state index contributed by atoms with van der Waals surface area (Å²) in [4.78, 5) is 11.8. The van der Waals surface area contributed by atoms with Gasteiger partial charge >= 0.3 is 5.97 Å². The lowest BCUT2D eigenvalue weighted by molar-refractivity contribution is 0.0532. The minimum absolute atomic E-state index is 0.246. The first-order chi connectivity index (χ1) is 5.77. The molecule has 1 aromatic rings. The number of thiophene rings is 1. The van der Waals surface area contributed by atoms with E-state index in [1.54, 1.807) is 13.0 Å². The Balaban J connectivity index is 2.68. The van der Waals surface area contributed by atoms with Crippen LogP contribution in [0.4, 0.5) is 5.00 Å². The van der Waals surface area contributed by atoms with Crippen LogP contribution >= 0.6 is 11.3 Å². The molecule has 0 saturated carbocycles. The summed E-state index contributed by atoms with van der Waals surface area (Å²) in [6.45, 7) is 2.22. The largest absolute Gasteiger partial charge is 0.462 e. The monoisotopic (exact) mass is 185 g/mol. The Morgan fingerprint density at radius 1 is 1.67 bits per heavy atom. The number of anilines is 1. The molecule has 0 aliphatic rings. The molecule has 1 aromatic heterocycles. The quantitative estimate of drug-likeness (QED) is 0.732. The van der Waals surface area contributed by atoms with Gasteiger partial charge in [0.25, 0.3) is 0 Å². The summed E-state index contributed by atoms with van der Waals surface area (Å²) in [5.74, 6) is -0.246. The van der Waals surface area contributed by atoms with Crippen LogP contribution in [0, 0.1) is 0 Å². The number of rotatable bonds is 3. The van der Waals surface area contributed by atoms with E-state index < -0.39 is 0 Å². The van der Waals surface area contributed by atoms with Gasteiger partial charge in [0.2, 0.25) is 0 Å². The lowest BCUT2D eigenvalue weighted by Crippen LogP contribution is -2.01. The highest BCUT2D eigenvalue weighted by molar-refractivity contribution is 7.17. The maximum Gasteiger partial charge on any atom is 0.348 e. The molecule has 66 valence electrons. The number of carbonyl (C=O) groups is 1. The van der Waals surface area contributed by atoms with Crippen molar-refractivity contribution in [1.82, 2.24) is 0 Å². The van der Waals surface area contributed by atoms with Crippen LogP contribution in [0.5, 0.6) is 0 Å². The fourth-order valence-electron chi connectivity index (χ4n) is 0.784. The van der Waals surface area contributed by atoms with Gasteiger partial charge in [-0.05, 0) is 19.1 Å². The van der Waals surface area contributed by atoms with E-state index in [2.05, 4.69) is 5.32 Å². The van der Waals surface area contributed by atoms with Crippen LogP contribution in [0.25, 0.3) is 0 Å². The van der Waals surface area contributed by atoms with Gasteiger partial charge in [0, 0.05) is 7.05 Å². The number of esters is 1. The van der Waals surface area contributed by atoms with Crippen LogP contribution in [0.2, 0.25) is 0 Å². The average Bonchev–Trinajstić information content (AvgIpc) is 2.52. The van der Waals surface area contributed by atoms with E-state index in [0.717, 1.165) is 5.00 Å². The van der Waals surface area contributed by atoms with Crippen LogP contribution < -0.4 is 5.32 Å². The third-order valence-corrected chi connectivity index (χ3v) is 2.41. The standard InChI is InChI=1S/C8H11NO2S/c1-3-11-8(10)6-4-5-7(9-2)12-6/h4-5,9H,3H2,1-2H3. The SMILES string of the molecule is CCOC(=O)c1ccc(NC)s1. The summed E-state index contributed by atoms with van der Waals surface area (Å²) in [6, 6.07) is 3.62. The average molecular weight is 185 g/mol. The zero-order valence-electron chi connectivity index (χ0n) is 7.09. The van der Waals surface area contributed by atoms with E-state index in [4.69, 9.17) is 4.74 Å². The summed E-state index contributed by atoms with van der Waals surface area (Å²) in [5, 5.41) is 3.93. The zero-order valence-corrected chi connectivity index (χ0v) is 7.90. The summed E-state index contributed by atoms with van der Waals surface area (Å²) in [6.07, 6.45) is 0. The normalized spacial score (nSPS) is 9.50. The van der Waals surface area contributed by atoms with Gasteiger partial charge in [-0.15, -0.1) is 11.3 Å². The highest BCUT2D eigenvalue weighted by Crippen LogP contribution is 2.21. The molecule has 0 aromatic carbocycles. The molecular weight excluding hydrogens is 174 g/mol. The van der Waals surface area contributed by atoms with Crippen LogP contribution in [0.1, 0.15) is 16.6 Å². The fourth-order valence-corrected chi connectivity index (χ4v) is 1.54. The number of hydrogen-bond acceptors (Lipinski definition) is 4. The first-order valence-corrected chi connectivity index (χ1v) is 4.54. The predicted octanol–water partition coefficient (Wildman–Crippen LogP) is 1.97. The summed E-state index contributed by atoms with van der Waals surface area (Å²) >= 11 is 1.40. The summed E-state index contributed by atoms with van der Waals surface area (Å²) in [7, 11) is 1.82. The predicted molar refractivity (Wildman–Crippen MR) is 49.8 cm³/mol. The zero-order chi connectivity index (χ0) is 8.97. The third kappa shape index (κ3) is 1.98. The van der Waals surface area contributed by atoms with E-state index in [1.807, 2.05) is 13.1 Å². The molecular formula is C8H11NO2S. The molecule has 0 amide bonds. The molecule has 0 unspecified atom stereocenters. The smallest absolute Gasteiger partial charge is 0.348 e. The minimum Gasteiger partial charge on any atom is -0.462 e. The van der Waals surface area contributed by atoms with E-state index in [0.29, 0.717) is 11.5 Å². The van der Waals surface area contributed by atoms with Gasteiger partial charge < -0.3 is 10.1 Å². The Kier molecular flexibility index (Phi) is 3.10. The van der Waals surface area contributed by atoms with Crippen molar-refractivity contribution in [3.8, 4) is 0 Å². The molecule has 0 saturated heterocycles. The van der Waals surface area contributed by atoms with Gasteiger partial charge in [-0.1, -0.05) is 0 Å². The second kappa shape index (κ2) is 4.11. The molecule has 0 fully saturated rings. The van der Waals surface area contributed by atoms with Crippen molar-refractivity contribution in [2.45, 2.75) is 6.92 Å². The molecule has 0 spiro atoms. The molecule has 12 heavy (non-hydrogen) atoms. The van der Waals surface area contributed by atoms with Crippen molar-refractivity contribution in [3.05, 3.63) is 17.0 Å². The van der Waals surface area contributed by atoms with Crippen molar-refractivity contribution in [3.63, 3.8) is 0 Å². The van der Waals surface area contributed by atoms with Gasteiger partial charge in [0.1, 0.15) is 4.88 Å². The Hall–Kier alpha value is -1.03. The van der Waals surface area contributed by atoms with E-state index in [9.17, 15) is 4.79 Å². The summed E-state index contributed by atoms with van der Waals surface area (Å²) in [5.41, 5.74) is 0. The molecule has 3 nitrogen and oxygen atoms in total. The lowest BCUT2D eigenvalue weighted by Gasteiger charge is -1.96. The topological polar surface area (TPSA) is 38.3 Å². The number of nitrogens with one attached hydrogen (secondary N) is 1. The second-order valence-corrected chi connectivity index (χ2v) is 3.22. The van der Waals surface area contributed by atoms with Crippen molar-refractivity contribution in [2.75, 3.05) is 19.0 Å². The maximum absolute atomic E-state index is 11.1. The molecule has 1 rings (SSSR count). The maximum atomic E-state index is 11.1. The Labute approximate surface area is 75.4 Å². The van der Waals surface area contributed by atoms with Gasteiger partial charge in [-0.25, -0.2) is 4.79 Å². The Bertz CT molecular complexity index is 270. The first kappa shape index (κ1) is 9.06. The Morgan fingerprint density at radius 3 is 2.92 bits per heavy atom. The molecule has 0 aliphatic heterocycles. The van der Waals surface area contributed by atoms with Crippen molar-refractivity contribution < 1.29 is 9.53 Å². The van der Waals surface area contributed by atoms with Gasteiger partial charge in [0.05, 0.1) is 11.6 Å². The van der Waals surface area contributed by atoms with Crippen LogP contribution in [-0.4, -0.2) is 19.6 Å². The number of ether oxygens (including phenoxy) is 1. The van der Waals surface area contributed by atoms with Crippen LogP contribution in [-0.2, 0) is 4.74 Å². The molecule has 0 atom stereocenters. The van der Waals surface area contributed by atoms with Crippen molar-refractivity contribution in [1.29, 1.82) is 0 Å². The molecule has 0 bridgehead atoms. The molecule has 1 N–H and O–H groups in total. The third-order valence-electron chi connectivity index (χ3n) is 1.33. The molecule has 4 heteroatoms. The highest BCUT2D eigenvalue weighted by atomic mass is 32.1.